The molecular formula is C20H18Fe. The maximum Gasteiger partial charge on any atom is 2.00 e. The van der Waals surface area contributed by atoms with Gasteiger partial charge in [0.2, 0.25) is 0 Å². The van der Waals surface area contributed by atoms with E-state index in [0.717, 1.165) is 0 Å². The number of benzene rings is 2. The average Bonchev–Trinajstić information content (AvgIpc) is 2.99. The van der Waals surface area contributed by atoms with E-state index >= 15 is 0 Å². The largest absolute Gasteiger partial charge is 2.00 e. The molecule has 0 aliphatic heterocycles. The predicted molar refractivity (Wildman–Crippen MR) is 88.6 cm³/mol. The van der Waals surface area contributed by atoms with Gasteiger partial charge in [-0.3, -0.25) is 0 Å². The Labute approximate surface area is 136 Å². The normalized spacial score (nSPS) is 10.0. The van der Waals surface area contributed by atoms with Crippen molar-refractivity contribution in [3.63, 3.8) is 0 Å². The maximum absolute atomic E-state index is 2.20. The second-order valence-corrected chi connectivity index (χ2v) is 5.32. The molecule has 21 heavy (non-hydrogen) atoms. The Morgan fingerprint density at radius 2 is 1.00 bits per heavy atom. The summed E-state index contributed by atoms with van der Waals surface area (Å²) in [5, 5.41) is 5.39. The van der Waals surface area contributed by atoms with Gasteiger partial charge in [0.15, 0.2) is 0 Å². The number of fused-ring (bicyclic) bond motifs is 2. The van der Waals surface area contributed by atoms with Crippen LogP contribution in [0.15, 0.2) is 72.8 Å². The zero-order valence-electron chi connectivity index (χ0n) is 12.3. The van der Waals surface area contributed by atoms with Crippen LogP contribution in [0.4, 0.5) is 0 Å². The second-order valence-electron chi connectivity index (χ2n) is 5.32. The summed E-state index contributed by atoms with van der Waals surface area (Å²) < 4.78 is 0. The summed E-state index contributed by atoms with van der Waals surface area (Å²) in [6, 6.07) is 25.7. The van der Waals surface area contributed by atoms with Crippen molar-refractivity contribution in [1.82, 2.24) is 0 Å². The molecular weight excluding hydrogens is 296 g/mol. The Morgan fingerprint density at radius 3 is 1.38 bits per heavy atom. The van der Waals surface area contributed by atoms with Crippen molar-refractivity contribution in [3.05, 3.63) is 83.9 Å². The van der Waals surface area contributed by atoms with Crippen LogP contribution in [0, 0.1) is 13.8 Å². The quantitative estimate of drug-likeness (QED) is 0.287. The van der Waals surface area contributed by atoms with Crippen LogP contribution in [0.2, 0.25) is 0 Å². The summed E-state index contributed by atoms with van der Waals surface area (Å²) >= 11 is 0. The van der Waals surface area contributed by atoms with Crippen LogP contribution in [0.25, 0.3) is 21.5 Å². The molecule has 0 N–H and O–H groups in total. The molecule has 1 heteroatoms. The minimum absolute atomic E-state index is 0. The van der Waals surface area contributed by atoms with Gasteiger partial charge in [-0.2, -0.15) is 12.1 Å². The molecule has 0 saturated heterocycles. The summed E-state index contributed by atoms with van der Waals surface area (Å²) in [5.41, 5.74) is 2.70. The number of hydrogen-bond acceptors (Lipinski definition) is 0. The molecule has 0 aliphatic rings. The number of hydrogen-bond donors (Lipinski definition) is 0. The Kier molecular flexibility index (Phi) is 5.01. The summed E-state index contributed by atoms with van der Waals surface area (Å²) in [6.45, 7) is 4.25. The van der Waals surface area contributed by atoms with Crippen LogP contribution in [-0.4, -0.2) is 0 Å². The van der Waals surface area contributed by atoms with Crippen molar-refractivity contribution in [1.29, 1.82) is 0 Å². The van der Waals surface area contributed by atoms with Crippen molar-refractivity contribution in [2.75, 3.05) is 0 Å². The fourth-order valence-corrected chi connectivity index (χ4v) is 2.61. The summed E-state index contributed by atoms with van der Waals surface area (Å²) in [4.78, 5) is 0. The molecule has 4 aromatic carbocycles. The zero-order valence-corrected chi connectivity index (χ0v) is 13.4. The van der Waals surface area contributed by atoms with Gasteiger partial charge >= 0.3 is 17.1 Å². The third-order valence-electron chi connectivity index (χ3n) is 3.52. The van der Waals surface area contributed by atoms with Crippen LogP contribution >= 0.6 is 0 Å². The molecule has 0 bridgehead atoms. The second kappa shape index (κ2) is 6.76. The molecule has 0 amide bonds. The van der Waals surface area contributed by atoms with Crippen molar-refractivity contribution < 1.29 is 17.1 Å². The van der Waals surface area contributed by atoms with Gasteiger partial charge in [0.1, 0.15) is 0 Å². The minimum atomic E-state index is 0. The first kappa shape index (κ1) is 15.6. The van der Waals surface area contributed by atoms with E-state index in [4.69, 9.17) is 0 Å². The first-order chi connectivity index (χ1) is 9.72. The van der Waals surface area contributed by atoms with Gasteiger partial charge in [0, 0.05) is 0 Å². The van der Waals surface area contributed by atoms with Crippen LogP contribution in [0.1, 0.15) is 11.1 Å². The molecule has 0 radical (unpaired) electrons. The Balaban J connectivity index is 0.000000147. The SMILES string of the molecule is Cc1cc2ccccc2[cH-]1.Cc1cc2ccccc2[cH-]1.[Fe+2]. The fourth-order valence-electron chi connectivity index (χ4n) is 2.61. The molecule has 0 unspecified atom stereocenters. The predicted octanol–water partition coefficient (Wildman–Crippen LogP) is 5.73. The van der Waals surface area contributed by atoms with Crippen LogP contribution in [0.5, 0.6) is 0 Å². The van der Waals surface area contributed by atoms with Crippen molar-refractivity contribution >= 4 is 21.5 Å². The van der Waals surface area contributed by atoms with Gasteiger partial charge in [0.25, 0.3) is 0 Å². The molecule has 106 valence electrons. The van der Waals surface area contributed by atoms with Gasteiger partial charge in [-0.25, -0.2) is 0 Å². The van der Waals surface area contributed by atoms with Gasteiger partial charge in [-0.1, -0.05) is 26.0 Å². The zero-order chi connectivity index (χ0) is 13.9. The molecule has 0 fully saturated rings. The molecule has 4 rings (SSSR count). The third-order valence-corrected chi connectivity index (χ3v) is 3.52. The van der Waals surface area contributed by atoms with Crippen LogP contribution in [0.3, 0.4) is 0 Å². The molecule has 0 saturated carbocycles. The van der Waals surface area contributed by atoms with Crippen molar-refractivity contribution in [3.8, 4) is 0 Å². The van der Waals surface area contributed by atoms with E-state index in [1.54, 1.807) is 0 Å². The number of rotatable bonds is 0. The Bertz CT molecular complexity index is 695. The number of aryl methyl sites for hydroxylation is 2. The van der Waals surface area contributed by atoms with Gasteiger partial charge < -0.3 is 0 Å². The van der Waals surface area contributed by atoms with Crippen LogP contribution in [-0.2, 0) is 17.1 Å². The van der Waals surface area contributed by atoms with Gasteiger partial charge in [0.05, 0.1) is 0 Å². The smallest absolute Gasteiger partial charge is 0.165 e. The standard InChI is InChI=1S/2C10H9.Fe/c2*1-8-6-9-4-2-3-5-10(9)7-8;/h2*2-7H,1H3;/q2*-1;+2. The molecule has 0 heterocycles. The molecule has 4 aromatic rings. The van der Waals surface area contributed by atoms with Gasteiger partial charge in [-0.05, 0) is 0 Å². The maximum atomic E-state index is 2.20. The van der Waals surface area contributed by atoms with Gasteiger partial charge in [-0.15, -0.1) is 81.2 Å². The van der Waals surface area contributed by atoms with Crippen molar-refractivity contribution in [2.45, 2.75) is 13.8 Å². The van der Waals surface area contributed by atoms with E-state index in [1.165, 1.54) is 32.7 Å². The van der Waals surface area contributed by atoms with E-state index in [2.05, 4.69) is 86.6 Å². The van der Waals surface area contributed by atoms with E-state index in [9.17, 15) is 0 Å². The van der Waals surface area contributed by atoms with E-state index in [-0.39, 0.29) is 17.1 Å². The molecule has 0 aliphatic carbocycles. The van der Waals surface area contributed by atoms with Crippen molar-refractivity contribution in [2.24, 2.45) is 0 Å². The van der Waals surface area contributed by atoms with Crippen LogP contribution < -0.4 is 0 Å². The molecule has 0 spiro atoms. The molecule has 0 aromatic heterocycles. The topological polar surface area (TPSA) is 0 Å². The first-order valence-corrected chi connectivity index (χ1v) is 6.96. The Morgan fingerprint density at radius 1 is 0.619 bits per heavy atom. The molecule has 0 nitrogen and oxygen atoms in total. The summed E-state index contributed by atoms with van der Waals surface area (Å²) in [6.07, 6.45) is 0. The summed E-state index contributed by atoms with van der Waals surface area (Å²) in [7, 11) is 0. The van der Waals surface area contributed by atoms with E-state index in [0.29, 0.717) is 0 Å². The van der Waals surface area contributed by atoms with E-state index in [1.807, 2.05) is 0 Å². The first-order valence-electron chi connectivity index (χ1n) is 6.96. The molecule has 0 atom stereocenters. The van der Waals surface area contributed by atoms with E-state index < -0.39 is 0 Å². The average molecular weight is 314 g/mol. The Hall–Kier alpha value is -1.82. The monoisotopic (exact) mass is 314 g/mol. The minimum Gasteiger partial charge on any atom is -0.165 e. The fraction of sp³-hybridized carbons (Fsp3) is 0.100. The third kappa shape index (κ3) is 3.64. The summed E-state index contributed by atoms with van der Waals surface area (Å²) in [5.74, 6) is 0.